The lowest BCUT2D eigenvalue weighted by Crippen LogP contribution is -1.99. The molecule has 0 spiro atoms. The van der Waals surface area contributed by atoms with Crippen LogP contribution in [-0.4, -0.2) is 23.3 Å². The number of hydrogen-bond donors (Lipinski definition) is 1. The molecule has 0 aliphatic carbocycles. The number of unbranched alkanes of at least 4 members (excludes halogenated alkanes) is 2. The minimum absolute atomic E-state index is 0.258. The predicted molar refractivity (Wildman–Crippen MR) is 68.2 cm³/mol. The van der Waals surface area contributed by atoms with Crippen LogP contribution in [0.15, 0.2) is 36.4 Å². The fourth-order valence-corrected chi connectivity index (χ4v) is 1.70. The smallest absolute Gasteiger partial charge is 0.213 e. The van der Waals surface area contributed by atoms with Crippen LogP contribution in [0.2, 0.25) is 0 Å². The van der Waals surface area contributed by atoms with Crippen molar-refractivity contribution < 1.29 is 9.84 Å². The molecule has 1 aromatic heterocycles. The van der Waals surface area contributed by atoms with Gasteiger partial charge in [0.05, 0.1) is 12.1 Å². The van der Waals surface area contributed by atoms with Gasteiger partial charge in [-0.2, -0.15) is 0 Å². The van der Waals surface area contributed by atoms with E-state index in [1.54, 1.807) is 0 Å². The van der Waals surface area contributed by atoms with E-state index in [-0.39, 0.29) is 6.61 Å². The van der Waals surface area contributed by atoms with Crippen LogP contribution in [0, 0.1) is 0 Å². The standard InChI is InChI=1S/C14H17NO2/c16-10-4-1-5-11-17-14-9-8-12-6-2-3-7-13(12)15-14/h2-3,6-9,16H,1,4-5,10-11H2. The van der Waals surface area contributed by atoms with Gasteiger partial charge in [0, 0.05) is 18.1 Å². The summed E-state index contributed by atoms with van der Waals surface area (Å²) in [6, 6.07) is 11.9. The molecule has 0 saturated carbocycles. The Balaban J connectivity index is 1.90. The van der Waals surface area contributed by atoms with Crippen molar-refractivity contribution in [3.05, 3.63) is 36.4 Å². The molecular weight excluding hydrogens is 214 g/mol. The molecule has 0 aliphatic heterocycles. The number of fused-ring (bicyclic) bond motifs is 1. The summed E-state index contributed by atoms with van der Waals surface area (Å²) in [5.41, 5.74) is 0.959. The minimum Gasteiger partial charge on any atom is -0.478 e. The Labute approximate surface area is 101 Å². The zero-order chi connectivity index (χ0) is 11.9. The highest BCUT2D eigenvalue weighted by Crippen LogP contribution is 2.16. The number of rotatable bonds is 6. The highest BCUT2D eigenvalue weighted by atomic mass is 16.5. The Bertz CT molecular complexity index is 470. The average Bonchev–Trinajstić information content (AvgIpc) is 2.38. The molecular formula is C14H17NO2. The third-order valence-corrected chi connectivity index (χ3v) is 2.63. The zero-order valence-corrected chi connectivity index (χ0v) is 9.80. The lowest BCUT2D eigenvalue weighted by molar-refractivity contribution is 0.263. The molecule has 3 nitrogen and oxygen atoms in total. The number of aliphatic hydroxyl groups is 1. The molecule has 1 heterocycles. The van der Waals surface area contributed by atoms with Crippen molar-refractivity contribution in [1.29, 1.82) is 0 Å². The van der Waals surface area contributed by atoms with Gasteiger partial charge in [0.1, 0.15) is 0 Å². The van der Waals surface area contributed by atoms with Crippen molar-refractivity contribution in [3.8, 4) is 5.88 Å². The van der Waals surface area contributed by atoms with Crippen molar-refractivity contribution in [2.45, 2.75) is 19.3 Å². The maximum atomic E-state index is 8.65. The molecule has 0 bridgehead atoms. The van der Waals surface area contributed by atoms with Gasteiger partial charge in [-0.05, 0) is 31.4 Å². The van der Waals surface area contributed by atoms with E-state index < -0.39 is 0 Å². The van der Waals surface area contributed by atoms with Gasteiger partial charge < -0.3 is 9.84 Å². The molecule has 0 amide bonds. The van der Waals surface area contributed by atoms with Gasteiger partial charge in [-0.3, -0.25) is 0 Å². The maximum absolute atomic E-state index is 8.65. The molecule has 90 valence electrons. The Morgan fingerprint density at radius 2 is 1.88 bits per heavy atom. The SMILES string of the molecule is OCCCCCOc1ccc2ccccc2n1. The fraction of sp³-hybridized carbons (Fsp3) is 0.357. The highest BCUT2D eigenvalue weighted by molar-refractivity contribution is 5.78. The Morgan fingerprint density at radius 1 is 1.00 bits per heavy atom. The second-order valence-corrected chi connectivity index (χ2v) is 3.97. The third-order valence-electron chi connectivity index (χ3n) is 2.63. The number of nitrogens with zero attached hydrogens (tertiary/aromatic N) is 1. The zero-order valence-electron chi connectivity index (χ0n) is 9.80. The van der Waals surface area contributed by atoms with Crippen LogP contribution >= 0.6 is 0 Å². The third kappa shape index (κ3) is 3.43. The van der Waals surface area contributed by atoms with E-state index in [0.29, 0.717) is 12.5 Å². The van der Waals surface area contributed by atoms with Crippen molar-refractivity contribution in [3.63, 3.8) is 0 Å². The average molecular weight is 231 g/mol. The normalized spacial score (nSPS) is 10.6. The van der Waals surface area contributed by atoms with E-state index in [9.17, 15) is 0 Å². The number of ether oxygens (including phenoxy) is 1. The second kappa shape index (κ2) is 6.21. The largest absolute Gasteiger partial charge is 0.478 e. The first-order valence-corrected chi connectivity index (χ1v) is 5.99. The molecule has 1 N–H and O–H groups in total. The van der Waals surface area contributed by atoms with Gasteiger partial charge in [0.2, 0.25) is 5.88 Å². The summed E-state index contributed by atoms with van der Waals surface area (Å²) < 4.78 is 5.57. The van der Waals surface area contributed by atoms with E-state index in [1.165, 1.54) is 0 Å². The van der Waals surface area contributed by atoms with Gasteiger partial charge >= 0.3 is 0 Å². The van der Waals surface area contributed by atoms with Crippen molar-refractivity contribution in [1.82, 2.24) is 4.98 Å². The molecule has 0 aliphatic rings. The molecule has 0 saturated heterocycles. The summed E-state index contributed by atoms with van der Waals surface area (Å²) in [5, 5.41) is 9.77. The van der Waals surface area contributed by atoms with Gasteiger partial charge in [0.15, 0.2) is 0 Å². The van der Waals surface area contributed by atoms with Crippen LogP contribution in [0.1, 0.15) is 19.3 Å². The summed E-state index contributed by atoms with van der Waals surface area (Å²) in [7, 11) is 0. The number of aromatic nitrogens is 1. The van der Waals surface area contributed by atoms with E-state index >= 15 is 0 Å². The first-order valence-electron chi connectivity index (χ1n) is 5.99. The van der Waals surface area contributed by atoms with Crippen LogP contribution in [0.5, 0.6) is 5.88 Å². The molecule has 0 unspecified atom stereocenters. The summed E-state index contributed by atoms with van der Waals surface area (Å²) in [6.45, 7) is 0.916. The second-order valence-electron chi connectivity index (χ2n) is 3.97. The fourth-order valence-electron chi connectivity index (χ4n) is 1.70. The Kier molecular flexibility index (Phi) is 4.33. The van der Waals surface area contributed by atoms with Crippen molar-refractivity contribution in [2.24, 2.45) is 0 Å². The Hall–Kier alpha value is -1.61. The number of benzene rings is 1. The van der Waals surface area contributed by atoms with Crippen LogP contribution in [0.25, 0.3) is 10.9 Å². The van der Waals surface area contributed by atoms with Crippen LogP contribution in [0.4, 0.5) is 0 Å². The van der Waals surface area contributed by atoms with Gasteiger partial charge in [-0.1, -0.05) is 18.2 Å². The van der Waals surface area contributed by atoms with E-state index in [0.717, 1.165) is 30.2 Å². The van der Waals surface area contributed by atoms with Crippen LogP contribution in [-0.2, 0) is 0 Å². The summed E-state index contributed by atoms with van der Waals surface area (Å²) in [5.74, 6) is 0.674. The molecule has 0 fully saturated rings. The summed E-state index contributed by atoms with van der Waals surface area (Å²) in [6.07, 6.45) is 2.79. The van der Waals surface area contributed by atoms with Crippen molar-refractivity contribution >= 4 is 10.9 Å². The maximum Gasteiger partial charge on any atom is 0.213 e. The Morgan fingerprint density at radius 3 is 2.76 bits per heavy atom. The molecule has 2 rings (SSSR count). The minimum atomic E-state index is 0.258. The highest BCUT2D eigenvalue weighted by Gasteiger charge is 1.98. The summed E-state index contributed by atoms with van der Waals surface area (Å²) >= 11 is 0. The van der Waals surface area contributed by atoms with Gasteiger partial charge in [0.25, 0.3) is 0 Å². The first kappa shape index (κ1) is 11.9. The monoisotopic (exact) mass is 231 g/mol. The number of pyridine rings is 1. The molecule has 0 atom stereocenters. The lowest BCUT2D eigenvalue weighted by Gasteiger charge is -2.05. The van der Waals surface area contributed by atoms with Crippen LogP contribution < -0.4 is 4.74 Å². The molecule has 17 heavy (non-hydrogen) atoms. The van der Waals surface area contributed by atoms with Gasteiger partial charge in [-0.25, -0.2) is 4.98 Å². The first-order chi connectivity index (χ1) is 8.40. The summed E-state index contributed by atoms with van der Waals surface area (Å²) in [4.78, 5) is 4.42. The van der Waals surface area contributed by atoms with Crippen LogP contribution in [0.3, 0.4) is 0 Å². The number of aliphatic hydroxyl groups excluding tert-OH is 1. The number of para-hydroxylation sites is 1. The molecule has 2 aromatic rings. The topological polar surface area (TPSA) is 42.4 Å². The quantitative estimate of drug-likeness (QED) is 0.777. The molecule has 3 heteroatoms. The number of hydrogen-bond acceptors (Lipinski definition) is 3. The van der Waals surface area contributed by atoms with Crippen molar-refractivity contribution in [2.75, 3.05) is 13.2 Å². The molecule has 0 radical (unpaired) electrons. The van der Waals surface area contributed by atoms with E-state index in [4.69, 9.17) is 9.84 Å². The van der Waals surface area contributed by atoms with Gasteiger partial charge in [-0.15, -0.1) is 0 Å². The van der Waals surface area contributed by atoms with E-state index in [1.807, 2.05) is 36.4 Å². The molecule has 1 aromatic carbocycles. The lowest BCUT2D eigenvalue weighted by atomic mass is 10.2. The predicted octanol–water partition coefficient (Wildman–Crippen LogP) is 2.78. The van der Waals surface area contributed by atoms with E-state index in [2.05, 4.69) is 4.98 Å².